The summed E-state index contributed by atoms with van der Waals surface area (Å²) in [5, 5.41) is 31.5. The van der Waals surface area contributed by atoms with Gasteiger partial charge in [-0.2, -0.15) is 0 Å². The zero-order valence-corrected chi connectivity index (χ0v) is 28.8. The summed E-state index contributed by atoms with van der Waals surface area (Å²) in [6, 6.07) is 14.7. The fraction of sp³-hybridized carbons (Fsp3) is 0.444. The highest BCUT2D eigenvalue weighted by molar-refractivity contribution is 6.30. The number of rotatable bonds is 13. The SMILES string of the molecule is CC(=O)Nc1cc2c(c(C(=O)O)c1)CCCC2.COc1cccc(C(OCCO)c2cc(Cl)ccc2N(C)CC(C)(C)CO)c1OC. The standard InChI is InChI=1S/C23H32ClNO5.C13H15NO3/c1-23(2,15-27)14-25(3)19-10-9-16(24)13-18(19)21(30-12-11-26)17-7-6-8-20(28-4)22(17)29-5;1-8(15)14-10-6-9-4-2-3-5-11(9)12(7-10)13(16)17/h6-10,13,21,26-27H,11-12,14-15H2,1-5H3;6-7H,2-5H2,1H3,(H,14,15)(H,16,17). The second-order valence-corrected chi connectivity index (χ2v) is 12.7. The number of carbonyl (C=O) groups is 2. The van der Waals surface area contributed by atoms with Gasteiger partial charge in [-0.3, -0.25) is 4.79 Å². The highest BCUT2D eigenvalue weighted by Gasteiger charge is 2.27. The molecule has 0 saturated heterocycles. The number of aromatic carboxylic acids is 1. The summed E-state index contributed by atoms with van der Waals surface area (Å²) >= 11 is 6.36. The van der Waals surface area contributed by atoms with Crippen LogP contribution in [0.25, 0.3) is 0 Å². The normalized spacial score (nSPS) is 13.0. The van der Waals surface area contributed by atoms with Crippen LogP contribution in [0.15, 0.2) is 48.5 Å². The number of fused-ring (bicyclic) bond motifs is 1. The molecule has 1 aliphatic carbocycles. The first-order valence-corrected chi connectivity index (χ1v) is 15.9. The van der Waals surface area contributed by atoms with Gasteiger partial charge >= 0.3 is 5.97 Å². The predicted octanol–water partition coefficient (Wildman–Crippen LogP) is 6.13. The Kier molecular flexibility index (Phi) is 13.9. The van der Waals surface area contributed by atoms with E-state index in [4.69, 9.17) is 25.8 Å². The van der Waals surface area contributed by atoms with Gasteiger partial charge in [0.25, 0.3) is 0 Å². The van der Waals surface area contributed by atoms with Crippen LogP contribution < -0.4 is 19.7 Å². The Morgan fingerprint density at radius 2 is 1.74 bits per heavy atom. The summed E-state index contributed by atoms with van der Waals surface area (Å²) in [4.78, 5) is 24.3. The van der Waals surface area contributed by atoms with Gasteiger partial charge in [0.05, 0.1) is 33.0 Å². The summed E-state index contributed by atoms with van der Waals surface area (Å²) in [5.74, 6) is 0.0469. The first-order valence-electron chi connectivity index (χ1n) is 15.6. The zero-order valence-electron chi connectivity index (χ0n) is 28.1. The molecule has 4 N–H and O–H groups in total. The third kappa shape index (κ3) is 10.1. The number of benzene rings is 3. The summed E-state index contributed by atoms with van der Waals surface area (Å²) in [7, 11) is 5.13. The molecular weight excluding hydrogens is 624 g/mol. The van der Waals surface area contributed by atoms with Gasteiger partial charge in [-0.05, 0) is 73.2 Å². The van der Waals surface area contributed by atoms with E-state index in [-0.39, 0.29) is 31.1 Å². The first kappa shape index (κ1) is 37.6. The summed E-state index contributed by atoms with van der Waals surface area (Å²) in [6.45, 7) is 6.14. The third-order valence-electron chi connectivity index (χ3n) is 7.88. The molecule has 1 unspecified atom stereocenters. The van der Waals surface area contributed by atoms with Crippen molar-refractivity contribution < 1.29 is 39.1 Å². The molecule has 3 aromatic carbocycles. The smallest absolute Gasteiger partial charge is 0.336 e. The fourth-order valence-corrected chi connectivity index (χ4v) is 6.01. The maximum atomic E-state index is 11.2. The number of carbonyl (C=O) groups excluding carboxylic acids is 1. The number of para-hydroxylation sites is 1. The van der Waals surface area contributed by atoms with Crippen LogP contribution in [-0.4, -0.2) is 74.8 Å². The maximum Gasteiger partial charge on any atom is 0.336 e. The summed E-state index contributed by atoms with van der Waals surface area (Å²) in [5.41, 5.74) is 5.11. The Morgan fingerprint density at radius 3 is 2.36 bits per heavy atom. The van der Waals surface area contributed by atoms with Crippen molar-refractivity contribution in [2.75, 3.05) is 57.8 Å². The van der Waals surface area contributed by atoms with Gasteiger partial charge in [0.1, 0.15) is 6.10 Å². The first-order chi connectivity index (χ1) is 22.3. The number of amides is 1. The van der Waals surface area contributed by atoms with Crippen LogP contribution >= 0.6 is 11.6 Å². The van der Waals surface area contributed by atoms with E-state index in [1.54, 1.807) is 20.3 Å². The van der Waals surface area contributed by atoms with Crippen LogP contribution in [0.5, 0.6) is 11.5 Å². The number of aliphatic hydroxyl groups excluding tert-OH is 2. The number of carboxylic acids is 1. The largest absolute Gasteiger partial charge is 0.493 e. The number of aliphatic hydroxyl groups is 2. The topological polar surface area (TPSA) is 138 Å². The van der Waals surface area contributed by atoms with Crippen molar-refractivity contribution in [3.63, 3.8) is 0 Å². The van der Waals surface area contributed by atoms with E-state index in [1.807, 2.05) is 63.4 Å². The second-order valence-electron chi connectivity index (χ2n) is 12.3. The lowest BCUT2D eigenvalue weighted by molar-refractivity contribution is -0.114. The van der Waals surface area contributed by atoms with E-state index >= 15 is 0 Å². The Hall–Kier alpha value is -3.83. The molecule has 4 rings (SSSR count). The van der Waals surface area contributed by atoms with E-state index in [9.17, 15) is 24.9 Å². The van der Waals surface area contributed by atoms with Gasteiger partial charge in [-0.15, -0.1) is 0 Å². The second kappa shape index (κ2) is 17.4. The van der Waals surface area contributed by atoms with E-state index in [2.05, 4.69) is 10.2 Å². The van der Waals surface area contributed by atoms with Crippen LogP contribution in [0.1, 0.15) is 72.3 Å². The van der Waals surface area contributed by atoms with Crippen molar-refractivity contribution in [3.8, 4) is 11.5 Å². The molecular formula is C36H47ClN2O8. The molecule has 11 heteroatoms. The number of aryl methyl sites for hydroxylation is 1. The Labute approximate surface area is 282 Å². The highest BCUT2D eigenvalue weighted by Crippen LogP contribution is 2.42. The molecule has 0 fully saturated rings. The fourth-order valence-electron chi connectivity index (χ4n) is 5.83. The molecule has 0 aliphatic heterocycles. The van der Waals surface area contributed by atoms with E-state index < -0.39 is 12.1 Å². The van der Waals surface area contributed by atoms with Crippen molar-refractivity contribution in [2.45, 2.75) is 52.6 Å². The van der Waals surface area contributed by atoms with Crippen molar-refractivity contribution in [2.24, 2.45) is 5.41 Å². The van der Waals surface area contributed by atoms with Crippen LogP contribution in [0, 0.1) is 5.41 Å². The van der Waals surface area contributed by atoms with Crippen LogP contribution in [0.2, 0.25) is 5.02 Å². The number of ether oxygens (including phenoxy) is 3. The van der Waals surface area contributed by atoms with Gasteiger partial charge in [0, 0.05) is 60.1 Å². The lowest BCUT2D eigenvalue weighted by Crippen LogP contribution is -2.34. The monoisotopic (exact) mass is 670 g/mol. The molecule has 3 aromatic rings. The molecule has 0 saturated carbocycles. The molecule has 0 aromatic heterocycles. The molecule has 1 atom stereocenters. The predicted molar refractivity (Wildman–Crippen MR) is 184 cm³/mol. The number of carboxylic acid groups (broad SMARTS) is 1. The minimum absolute atomic E-state index is 0.0639. The van der Waals surface area contributed by atoms with E-state index in [1.165, 1.54) is 6.92 Å². The molecule has 10 nitrogen and oxygen atoms in total. The van der Waals surface area contributed by atoms with E-state index in [0.717, 1.165) is 53.6 Å². The number of halogens is 1. The Balaban J connectivity index is 0.000000297. The van der Waals surface area contributed by atoms with Gasteiger partial charge in [0.2, 0.25) is 5.91 Å². The number of methoxy groups -OCH3 is 2. The number of anilines is 2. The third-order valence-corrected chi connectivity index (χ3v) is 8.12. The molecule has 1 amide bonds. The highest BCUT2D eigenvalue weighted by atomic mass is 35.5. The number of nitrogens with zero attached hydrogens (tertiary/aromatic N) is 1. The quantitative estimate of drug-likeness (QED) is 0.169. The van der Waals surface area contributed by atoms with Crippen molar-refractivity contribution in [1.29, 1.82) is 0 Å². The average Bonchev–Trinajstić information content (AvgIpc) is 3.04. The van der Waals surface area contributed by atoms with Crippen LogP contribution in [-0.2, 0) is 22.4 Å². The molecule has 0 spiro atoms. The molecule has 0 radical (unpaired) electrons. The Bertz CT molecular complexity index is 1530. The molecule has 0 heterocycles. The van der Waals surface area contributed by atoms with Gasteiger partial charge in [-0.1, -0.05) is 37.6 Å². The summed E-state index contributed by atoms with van der Waals surface area (Å²) in [6.07, 6.45) is 3.28. The molecule has 1 aliphatic rings. The number of hydrogen-bond acceptors (Lipinski definition) is 8. The minimum atomic E-state index is -0.921. The van der Waals surface area contributed by atoms with Gasteiger partial charge in [-0.25, -0.2) is 4.79 Å². The lowest BCUT2D eigenvalue weighted by Gasteiger charge is -2.33. The van der Waals surface area contributed by atoms with Crippen LogP contribution in [0.4, 0.5) is 11.4 Å². The minimum Gasteiger partial charge on any atom is -0.493 e. The lowest BCUT2D eigenvalue weighted by atomic mass is 9.87. The zero-order chi connectivity index (χ0) is 34.7. The van der Waals surface area contributed by atoms with Crippen molar-refractivity contribution in [3.05, 3.63) is 81.4 Å². The number of hydrogen-bond donors (Lipinski definition) is 4. The average molecular weight is 671 g/mol. The van der Waals surface area contributed by atoms with Gasteiger partial charge < -0.3 is 39.7 Å². The summed E-state index contributed by atoms with van der Waals surface area (Å²) < 4.78 is 17.2. The molecule has 0 bridgehead atoms. The van der Waals surface area contributed by atoms with Crippen LogP contribution in [0.3, 0.4) is 0 Å². The molecule has 256 valence electrons. The van der Waals surface area contributed by atoms with Gasteiger partial charge in [0.15, 0.2) is 11.5 Å². The van der Waals surface area contributed by atoms with E-state index in [0.29, 0.717) is 34.3 Å². The Morgan fingerprint density at radius 1 is 1.02 bits per heavy atom. The molecule has 47 heavy (non-hydrogen) atoms. The van der Waals surface area contributed by atoms with Crippen molar-refractivity contribution >= 4 is 34.9 Å². The number of nitrogens with one attached hydrogen (secondary N) is 1. The van der Waals surface area contributed by atoms with Crippen molar-refractivity contribution in [1.82, 2.24) is 0 Å². The maximum absolute atomic E-state index is 11.2.